The number of anilines is 1. The number of amides is 2. The molecule has 32 heavy (non-hydrogen) atoms. The van der Waals surface area contributed by atoms with Gasteiger partial charge in [0.25, 0.3) is 0 Å². The first kappa shape index (κ1) is 19.9. The molecule has 162 valence electrons. The van der Waals surface area contributed by atoms with Crippen LogP contribution in [0.5, 0.6) is 5.75 Å². The Morgan fingerprint density at radius 1 is 1.16 bits per heavy atom. The predicted molar refractivity (Wildman–Crippen MR) is 117 cm³/mol. The van der Waals surface area contributed by atoms with Crippen molar-refractivity contribution in [3.8, 4) is 17.3 Å². The molecule has 0 radical (unpaired) electrons. The predicted octanol–water partition coefficient (Wildman–Crippen LogP) is 3.77. The van der Waals surface area contributed by atoms with Crippen molar-refractivity contribution in [2.24, 2.45) is 5.92 Å². The smallest absolute Gasteiger partial charge is 0.227 e. The molecule has 5 rings (SSSR count). The standard InChI is InChI=1S/C24H21N3O5/c1-30-19-8-6-18(7-9-19)27-14-16(11-23(27)28)24(29)25-13-17-12-22(32-26-17)21-10-15-4-2-3-5-20(15)31-21/h2-10,12,16H,11,13-14H2,1H3,(H,25,29). The van der Waals surface area contributed by atoms with Crippen molar-refractivity contribution in [1.82, 2.24) is 10.5 Å². The fourth-order valence-electron chi connectivity index (χ4n) is 3.83. The molecule has 8 heteroatoms. The number of benzene rings is 2. The summed E-state index contributed by atoms with van der Waals surface area (Å²) in [5.41, 5.74) is 2.09. The lowest BCUT2D eigenvalue weighted by atomic mass is 10.1. The highest BCUT2D eigenvalue weighted by Crippen LogP contribution is 2.29. The van der Waals surface area contributed by atoms with Gasteiger partial charge in [0, 0.05) is 30.1 Å². The summed E-state index contributed by atoms with van der Waals surface area (Å²) in [5.74, 6) is 1.09. The second kappa shape index (κ2) is 8.22. The Bertz CT molecular complexity index is 1240. The highest BCUT2D eigenvalue weighted by molar-refractivity contribution is 6.00. The maximum atomic E-state index is 12.6. The molecule has 2 aromatic heterocycles. The van der Waals surface area contributed by atoms with Gasteiger partial charge in [-0.15, -0.1) is 0 Å². The molecule has 0 spiro atoms. The first-order valence-corrected chi connectivity index (χ1v) is 10.3. The van der Waals surface area contributed by atoms with E-state index in [0.29, 0.717) is 29.5 Å². The van der Waals surface area contributed by atoms with Crippen LogP contribution in [0.2, 0.25) is 0 Å². The van der Waals surface area contributed by atoms with Crippen LogP contribution in [0.3, 0.4) is 0 Å². The molecule has 1 N–H and O–H groups in total. The molecular formula is C24H21N3O5. The first-order chi connectivity index (χ1) is 15.6. The van der Waals surface area contributed by atoms with Gasteiger partial charge in [0.05, 0.1) is 19.6 Å². The zero-order valence-electron chi connectivity index (χ0n) is 17.4. The van der Waals surface area contributed by atoms with Crippen molar-refractivity contribution in [3.63, 3.8) is 0 Å². The summed E-state index contributed by atoms with van der Waals surface area (Å²) in [6, 6.07) is 18.5. The fraction of sp³-hybridized carbons (Fsp3) is 0.208. The second-order valence-electron chi connectivity index (χ2n) is 7.65. The molecule has 4 aromatic rings. The van der Waals surface area contributed by atoms with Crippen LogP contribution in [-0.4, -0.2) is 30.6 Å². The second-order valence-corrected chi connectivity index (χ2v) is 7.65. The number of hydrogen-bond acceptors (Lipinski definition) is 6. The quantitative estimate of drug-likeness (QED) is 0.499. The number of nitrogens with zero attached hydrogens (tertiary/aromatic N) is 2. The molecule has 1 atom stereocenters. The van der Waals surface area contributed by atoms with E-state index in [4.69, 9.17) is 13.7 Å². The van der Waals surface area contributed by atoms with Gasteiger partial charge in [0.15, 0.2) is 5.76 Å². The summed E-state index contributed by atoms with van der Waals surface area (Å²) in [6.07, 6.45) is 0.168. The van der Waals surface area contributed by atoms with Gasteiger partial charge in [0.1, 0.15) is 17.0 Å². The van der Waals surface area contributed by atoms with E-state index < -0.39 is 5.92 Å². The number of para-hydroxylation sites is 1. The number of fused-ring (bicyclic) bond motifs is 1. The number of rotatable bonds is 6. The topological polar surface area (TPSA) is 97.8 Å². The minimum atomic E-state index is -0.425. The summed E-state index contributed by atoms with van der Waals surface area (Å²) < 4.78 is 16.3. The molecular weight excluding hydrogens is 410 g/mol. The SMILES string of the molecule is COc1ccc(N2CC(C(=O)NCc3cc(-c4cc5ccccc5o4)on3)CC2=O)cc1. The van der Waals surface area contributed by atoms with Crippen LogP contribution < -0.4 is 15.0 Å². The Morgan fingerprint density at radius 2 is 1.97 bits per heavy atom. The van der Waals surface area contributed by atoms with E-state index in [2.05, 4.69) is 10.5 Å². The van der Waals surface area contributed by atoms with Gasteiger partial charge in [-0.3, -0.25) is 9.59 Å². The number of aromatic nitrogens is 1. The Labute approximate surface area is 183 Å². The molecule has 0 saturated carbocycles. The maximum Gasteiger partial charge on any atom is 0.227 e. The van der Waals surface area contributed by atoms with E-state index in [1.807, 2.05) is 42.5 Å². The molecule has 2 amide bonds. The van der Waals surface area contributed by atoms with Crippen LogP contribution in [0.25, 0.3) is 22.5 Å². The van der Waals surface area contributed by atoms with Crippen LogP contribution in [-0.2, 0) is 16.1 Å². The van der Waals surface area contributed by atoms with Crippen LogP contribution in [0, 0.1) is 5.92 Å². The van der Waals surface area contributed by atoms with Gasteiger partial charge in [0.2, 0.25) is 17.6 Å². The van der Waals surface area contributed by atoms with Gasteiger partial charge < -0.3 is 23.9 Å². The van der Waals surface area contributed by atoms with Crippen molar-refractivity contribution in [1.29, 1.82) is 0 Å². The molecule has 8 nitrogen and oxygen atoms in total. The number of carbonyl (C=O) groups is 2. The van der Waals surface area contributed by atoms with E-state index in [1.54, 1.807) is 30.2 Å². The molecule has 1 unspecified atom stereocenters. The Hall–Kier alpha value is -4.07. The van der Waals surface area contributed by atoms with Crippen molar-refractivity contribution >= 4 is 28.5 Å². The first-order valence-electron chi connectivity index (χ1n) is 10.3. The zero-order chi connectivity index (χ0) is 22.1. The molecule has 0 aliphatic carbocycles. The lowest BCUT2D eigenvalue weighted by molar-refractivity contribution is -0.126. The van der Waals surface area contributed by atoms with Gasteiger partial charge in [-0.1, -0.05) is 23.4 Å². The Morgan fingerprint density at radius 3 is 2.75 bits per heavy atom. The number of furan rings is 1. The normalized spacial score (nSPS) is 16.0. The Balaban J connectivity index is 1.20. The highest BCUT2D eigenvalue weighted by Gasteiger charge is 2.35. The van der Waals surface area contributed by atoms with E-state index in [0.717, 1.165) is 16.7 Å². The molecule has 0 bridgehead atoms. The molecule has 1 saturated heterocycles. The molecule has 1 aliphatic heterocycles. The lowest BCUT2D eigenvalue weighted by Crippen LogP contribution is -2.32. The zero-order valence-corrected chi connectivity index (χ0v) is 17.4. The van der Waals surface area contributed by atoms with Gasteiger partial charge in [-0.05, 0) is 36.4 Å². The molecule has 3 heterocycles. The van der Waals surface area contributed by atoms with E-state index in [9.17, 15) is 9.59 Å². The van der Waals surface area contributed by atoms with Gasteiger partial charge in [-0.25, -0.2) is 0 Å². The highest BCUT2D eigenvalue weighted by atomic mass is 16.5. The summed E-state index contributed by atoms with van der Waals surface area (Å²) >= 11 is 0. The van der Waals surface area contributed by atoms with Crippen LogP contribution in [0.1, 0.15) is 12.1 Å². The molecule has 1 aliphatic rings. The van der Waals surface area contributed by atoms with Crippen LogP contribution in [0.15, 0.2) is 69.6 Å². The number of nitrogens with one attached hydrogen (secondary N) is 1. The fourth-order valence-corrected chi connectivity index (χ4v) is 3.83. The average molecular weight is 431 g/mol. The monoisotopic (exact) mass is 431 g/mol. The minimum Gasteiger partial charge on any atom is -0.497 e. The van der Waals surface area contributed by atoms with Crippen LogP contribution in [0.4, 0.5) is 5.69 Å². The molecule has 2 aromatic carbocycles. The number of ether oxygens (including phenoxy) is 1. The minimum absolute atomic E-state index is 0.0797. The third kappa shape index (κ3) is 3.82. The van der Waals surface area contributed by atoms with Crippen molar-refractivity contribution in [2.75, 3.05) is 18.6 Å². The summed E-state index contributed by atoms with van der Waals surface area (Å²) in [7, 11) is 1.59. The number of carbonyl (C=O) groups excluding carboxylic acids is 2. The lowest BCUT2D eigenvalue weighted by Gasteiger charge is -2.17. The molecule has 1 fully saturated rings. The average Bonchev–Trinajstić information content (AvgIpc) is 3.55. The number of methoxy groups -OCH3 is 1. The van der Waals surface area contributed by atoms with E-state index in [1.165, 1.54) is 0 Å². The summed E-state index contributed by atoms with van der Waals surface area (Å²) in [5, 5.41) is 7.84. The van der Waals surface area contributed by atoms with E-state index >= 15 is 0 Å². The van der Waals surface area contributed by atoms with E-state index in [-0.39, 0.29) is 24.8 Å². The maximum absolute atomic E-state index is 12.6. The number of hydrogen-bond donors (Lipinski definition) is 1. The van der Waals surface area contributed by atoms with Gasteiger partial charge in [-0.2, -0.15) is 0 Å². The third-order valence-electron chi connectivity index (χ3n) is 5.55. The van der Waals surface area contributed by atoms with Crippen LogP contribution >= 0.6 is 0 Å². The Kier molecular flexibility index (Phi) is 5.10. The van der Waals surface area contributed by atoms with Gasteiger partial charge >= 0.3 is 0 Å². The largest absolute Gasteiger partial charge is 0.497 e. The summed E-state index contributed by atoms with van der Waals surface area (Å²) in [6.45, 7) is 0.538. The van der Waals surface area contributed by atoms with Crippen molar-refractivity contribution in [3.05, 3.63) is 66.4 Å². The van der Waals surface area contributed by atoms with Crippen molar-refractivity contribution < 1.29 is 23.3 Å². The summed E-state index contributed by atoms with van der Waals surface area (Å²) in [4.78, 5) is 26.7. The van der Waals surface area contributed by atoms with Crippen molar-refractivity contribution in [2.45, 2.75) is 13.0 Å². The third-order valence-corrected chi connectivity index (χ3v) is 5.55.